The topological polar surface area (TPSA) is 52.6 Å². The van der Waals surface area contributed by atoms with Crippen molar-refractivity contribution in [1.29, 1.82) is 0 Å². The molecular weight excluding hydrogens is 535 g/mol. The van der Waals surface area contributed by atoms with Crippen LogP contribution >= 0.6 is 7.26 Å². The Morgan fingerprint density at radius 2 is 1.03 bits per heavy atom. The molecule has 0 spiro atoms. The first-order valence-electron chi connectivity index (χ1n) is 11.7. The lowest BCUT2D eigenvalue weighted by Crippen LogP contribution is -3.00. The Bertz CT molecular complexity index is 1170. The van der Waals surface area contributed by atoms with E-state index in [4.69, 9.17) is 9.47 Å². The van der Waals surface area contributed by atoms with E-state index in [2.05, 4.69) is 72.8 Å². The molecule has 4 rings (SSSR count). The Kier molecular flexibility index (Phi) is 9.42. The average Bonchev–Trinajstić information content (AvgIpc) is 2.92. The van der Waals surface area contributed by atoms with Crippen molar-refractivity contribution >= 4 is 34.7 Å². The van der Waals surface area contributed by atoms with Crippen LogP contribution in [0.4, 0.5) is 0 Å². The molecule has 0 aliphatic heterocycles. The van der Waals surface area contributed by atoms with Gasteiger partial charge in [-0.25, -0.2) is 0 Å². The number of hydrogen-bond acceptors (Lipinski definition) is 4. The molecule has 0 heterocycles. The Balaban J connectivity index is 0.00000361. The molecule has 1 aliphatic carbocycles. The molecule has 3 aromatic carbocycles. The molecule has 0 unspecified atom stereocenters. The monoisotopic (exact) mass is 564 g/mol. The number of benzene rings is 3. The molecule has 0 bridgehead atoms. The standard InChI is InChI=1S/C30H30O4P.BrH/c1-22-26(28(32)30(34-3)29(33-2)27(22)31)20-13-21-35(23-14-7-4-8-15-23,24-16-9-5-10-17-24)25-18-11-6-12-19-25;/h4-12,14-19H,13,20-21H2,1-3H3;1H/q+1;/p-1. The summed E-state index contributed by atoms with van der Waals surface area (Å²) in [7, 11) is 0.780. The lowest BCUT2D eigenvalue weighted by atomic mass is 9.90. The zero-order valence-corrected chi connectivity index (χ0v) is 23.2. The highest BCUT2D eigenvalue weighted by molar-refractivity contribution is 7.95. The van der Waals surface area contributed by atoms with E-state index >= 15 is 0 Å². The highest BCUT2D eigenvalue weighted by Crippen LogP contribution is 2.56. The summed E-state index contributed by atoms with van der Waals surface area (Å²) in [6.45, 7) is 1.70. The van der Waals surface area contributed by atoms with Gasteiger partial charge in [-0.05, 0) is 56.2 Å². The van der Waals surface area contributed by atoms with Crippen molar-refractivity contribution in [2.75, 3.05) is 20.4 Å². The van der Waals surface area contributed by atoms with Gasteiger partial charge in [0.15, 0.2) is 0 Å². The number of allylic oxidation sites excluding steroid dienone is 2. The van der Waals surface area contributed by atoms with Gasteiger partial charge in [-0.1, -0.05) is 54.6 Å². The smallest absolute Gasteiger partial charge is 0.228 e. The SMILES string of the molecule is COC1=C(OC)C(=O)C(CCC[P+](c2ccccc2)(c2ccccc2)c2ccccc2)=C(C)C1=O.[Br-]. The van der Waals surface area contributed by atoms with Crippen LogP contribution in [0.2, 0.25) is 0 Å². The molecular formula is C30H30BrO4P. The molecule has 186 valence electrons. The molecule has 3 aromatic rings. The van der Waals surface area contributed by atoms with E-state index in [9.17, 15) is 9.59 Å². The second-order valence-corrected chi connectivity index (χ2v) is 12.1. The van der Waals surface area contributed by atoms with Crippen LogP contribution in [0.15, 0.2) is 114 Å². The summed E-state index contributed by atoms with van der Waals surface area (Å²) in [6, 6.07) is 31.9. The number of halogens is 1. The number of Topliss-reactive ketones (excluding diaryl/α,β-unsaturated/α-hetero) is 2. The van der Waals surface area contributed by atoms with E-state index in [0.717, 1.165) is 12.6 Å². The van der Waals surface area contributed by atoms with Gasteiger partial charge in [-0.3, -0.25) is 9.59 Å². The molecule has 0 saturated carbocycles. The molecule has 4 nitrogen and oxygen atoms in total. The minimum Gasteiger partial charge on any atom is -1.00 e. The Morgan fingerprint density at radius 3 is 1.42 bits per heavy atom. The lowest BCUT2D eigenvalue weighted by molar-refractivity contribution is -0.121. The summed E-state index contributed by atoms with van der Waals surface area (Å²) >= 11 is 0. The number of ketones is 2. The first kappa shape index (κ1) is 27.6. The maximum Gasteiger partial charge on any atom is 0.228 e. The maximum atomic E-state index is 13.2. The predicted molar refractivity (Wildman–Crippen MR) is 143 cm³/mol. The minimum absolute atomic E-state index is 0. The number of ether oxygens (including phenoxy) is 2. The third kappa shape index (κ3) is 5.09. The van der Waals surface area contributed by atoms with E-state index in [0.29, 0.717) is 17.6 Å². The zero-order chi connectivity index (χ0) is 24.8. The van der Waals surface area contributed by atoms with Crippen molar-refractivity contribution in [2.45, 2.75) is 19.8 Å². The fraction of sp³-hybridized carbons (Fsp3) is 0.200. The van der Waals surface area contributed by atoms with E-state index in [1.165, 1.54) is 30.1 Å². The quantitative estimate of drug-likeness (QED) is 0.293. The molecule has 0 atom stereocenters. The van der Waals surface area contributed by atoms with Crippen molar-refractivity contribution < 1.29 is 36.0 Å². The van der Waals surface area contributed by atoms with Gasteiger partial charge in [0, 0.05) is 11.1 Å². The highest BCUT2D eigenvalue weighted by Gasteiger charge is 2.45. The predicted octanol–water partition coefficient (Wildman–Crippen LogP) is 1.74. The fourth-order valence-electron chi connectivity index (χ4n) is 4.87. The second kappa shape index (κ2) is 12.3. The zero-order valence-electron chi connectivity index (χ0n) is 20.7. The highest BCUT2D eigenvalue weighted by atomic mass is 79.9. The Morgan fingerprint density at radius 1 is 0.639 bits per heavy atom. The van der Waals surface area contributed by atoms with E-state index < -0.39 is 7.26 Å². The lowest BCUT2D eigenvalue weighted by Gasteiger charge is -2.28. The molecule has 36 heavy (non-hydrogen) atoms. The fourth-order valence-corrected chi connectivity index (χ4v) is 9.21. The number of carbonyl (C=O) groups excluding carboxylic acids is 2. The number of carbonyl (C=O) groups is 2. The van der Waals surface area contributed by atoms with Crippen LogP contribution < -0.4 is 32.9 Å². The molecule has 0 aromatic heterocycles. The number of rotatable bonds is 9. The van der Waals surface area contributed by atoms with Crippen LogP contribution in [0.3, 0.4) is 0 Å². The van der Waals surface area contributed by atoms with Gasteiger partial charge in [-0.15, -0.1) is 0 Å². The van der Waals surface area contributed by atoms with Gasteiger partial charge in [0.2, 0.25) is 23.1 Å². The van der Waals surface area contributed by atoms with Crippen LogP contribution in [0, 0.1) is 0 Å². The van der Waals surface area contributed by atoms with Gasteiger partial charge in [0.25, 0.3) is 0 Å². The molecule has 0 amide bonds. The van der Waals surface area contributed by atoms with Crippen molar-refractivity contribution in [1.82, 2.24) is 0 Å². The first-order valence-corrected chi connectivity index (χ1v) is 13.7. The summed E-state index contributed by atoms with van der Waals surface area (Å²) in [6.07, 6.45) is 2.11. The summed E-state index contributed by atoms with van der Waals surface area (Å²) in [4.78, 5) is 26.0. The average molecular weight is 565 g/mol. The van der Waals surface area contributed by atoms with Crippen molar-refractivity contribution in [3.63, 3.8) is 0 Å². The van der Waals surface area contributed by atoms with Crippen LogP contribution in [-0.2, 0) is 19.1 Å². The molecule has 1 aliphatic rings. The summed E-state index contributed by atoms with van der Waals surface area (Å²) in [5.74, 6) is -0.564. The molecule has 6 heteroatoms. The number of methoxy groups -OCH3 is 2. The van der Waals surface area contributed by atoms with Gasteiger partial charge in [0.05, 0.1) is 20.4 Å². The van der Waals surface area contributed by atoms with Crippen LogP contribution in [0.5, 0.6) is 0 Å². The molecule has 0 radical (unpaired) electrons. The second-order valence-electron chi connectivity index (χ2n) is 8.47. The number of hydrogen-bond donors (Lipinski definition) is 0. The third-order valence-corrected chi connectivity index (χ3v) is 11.1. The van der Waals surface area contributed by atoms with E-state index in [1.807, 2.05) is 18.2 Å². The van der Waals surface area contributed by atoms with Gasteiger partial charge < -0.3 is 26.5 Å². The first-order chi connectivity index (χ1) is 17.0. The summed E-state index contributed by atoms with van der Waals surface area (Å²) in [5.41, 5.74) is 0.954. The van der Waals surface area contributed by atoms with Crippen LogP contribution in [-0.4, -0.2) is 31.9 Å². The van der Waals surface area contributed by atoms with E-state index in [1.54, 1.807) is 6.92 Å². The molecule has 0 saturated heterocycles. The van der Waals surface area contributed by atoms with Crippen molar-refractivity contribution in [3.8, 4) is 0 Å². The largest absolute Gasteiger partial charge is 1.00 e. The molecule has 0 N–H and O–H groups in total. The van der Waals surface area contributed by atoms with Crippen molar-refractivity contribution in [2.24, 2.45) is 0 Å². The summed E-state index contributed by atoms with van der Waals surface area (Å²) < 4.78 is 10.5. The van der Waals surface area contributed by atoms with Gasteiger partial charge in [-0.2, -0.15) is 0 Å². The molecule has 0 fully saturated rings. The van der Waals surface area contributed by atoms with E-state index in [-0.39, 0.29) is 40.1 Å². The summed E-state index contributed by atoms with van der Waals surface area (Å²) in [5, 5.41) is 3.90. The Labute approximate surface area is 224 Å². The van der Waals surface area contributed by atoms with Crippen LogP contribution in [0.25, 0.3) is 0 Å². The maximum absolute atomic E-state index is 13.2. The minimum atomic E-state index is -2.00. The van der Waals surface area contributed by atoms with Crippen molar-refractivity contribution in [3.05, 3.63) is 114 Å². The van der Waals surface area contributed by atoms with Crippen LogP contribution in [0.1, 0.15) is 19.8 Å². The normalized spacial score (nSPS) is 14.0. The Hall–Kier alpha value is -3.01. The van der Waals surface area contributed by atoms with Gasteiger partial charge in [0.1, 0.15) is 23.2 Å². The van der Waals surface area contributed by atoms with Gasteiger partial charge >= 0.3 is 0 Å². The third-order valence-electron chi connectivity index (χ3n) is 6.61.